The molecule has 0 spiro atoms. The molecule has 2 aliphatic rings. The van der Waals surface area contributed by atoms with Crippen LogP contribution in [0.25, 0.3) is 10.9 Å². The molecule has 33 heavy (non-hydrogen) atoms. The van der Waals surface area contributed by atoms with Crippen molar-refractivity contribution in [1.82, 2.24) is 14.8 Å². The fourth-order valence-electron chi connectivity index (χ4n) is 5.13. The van der Waals surface area contributed by atoms with Gasteiger partial charge in [-0.15, -0.1) is 0 Å². The lowest BCUT2D eigenvalue weighted by Gasteiger charge is -2.31. The van der Waals surface area contributed by atoms with Crippen LogP contribution in [0.15, 0.2) is 54.6 Å². The Hall–Kier alpha value is -2.34. The van der Waals surface area contributed by atoms with E-state index in [1.807, 2.05) is 18.2 Å². The molecule has 1 unspecified atom stereocenters. The van der Waals surface area contributed by atoms with Gasteiger partial charge in [0.2, 0.25) is 5.91 Å². The molecule has 6 heteroatoms. The number of amides is 1. The normalized spacial score (nSPS) is 19.8. The van der Waals surface area contributed by atoms with Gasteiger partial charge in [0.1, 0.15) is 0 Å². The largest absolute Gasteiger partial charge is 0.376 e. The van der Waals surface area contributed by atoms with Crippen LogP contribution in [-0.2, 0) is 22.6 Å². The zero-order valence-corrected chi connectivity index (χ0v) is 19.8. The summed E-state index contributed by atoms with van der Waals surface area (Å²) < 4.78 is 8.01. The Balaban J connectivity index is 1.23. The molecule has 0 aliphatic carbocycles. The van der Waals surface area contributed by atoms with Gasteiger partial charge in [-0.25, -0.2) is 0 Å². The van der Waals surface area contributed by atoms with Gasteiger partial charge in [-0.3, -0.25) is 9.69 Å². The van der Waals surface area contributed by atoms with Crippen LogP contribution in [0.5, 0.6) is 0 Å². The predicted octanol–water partition coefficient (Wildman–Crippen LogP) is 4.85. The number of aromatic nitrogens is 1. The number of hydrogen-bond donors (Lipinski definition) is 1. The highest BCUT2D eigenvalue weighted by atomic mass is 35.5. The summed E-state index contributed by atoms with van der Waals surface area (Å²) >= 11 is 6.48. The first kappa shape index (κ1) is 22.5. The van der Waals surface area contributed by atoms with Crippen LogP contribution in [0.3, 0.4) is 0 Å². The van der Waals surface area contributed by atoms with Gasteiger partial charge in [-0.05, 0) is 67.9 Å². The number of halogens is 1. The maximum absolute atomic E-state index is 12.6. The zero-order chi connectivity index (χ0) is 22.6. The maximum Gasteiger partial charge on any atom is 0.223 e. The van der Waals surface area contributed by atoms with Gasteiger partial charge in [-0.1, -0.05) is 48.0 Å². The molecular weight excluding hydrogens is 434 g/mol. The lowest BCUT2D eigenvalue weighted by Crippen LogP contribution is -2.42. The molecule has 174 valence electrons. The Morgan fingerprint density at radius 3 is 2.61 bits per heavy atom. The highest BCUT2D eigenvalue weighted by Crippen LogP contribution is 2.26. The highest BCUT2D eigenvalue weighted by Gasteiger charge is 2.26. The quantitative estimate of drug-likeness (QED) is 0.542. The lowest BCUT2D eigenvalue weighted by molar-refractivity contribution is -0.127. The van der Waals surface area contributed by atoms with Crippen molar-refractivity contribution < 1.29 is 9.53 Å². The number of benzene rings is 2. The second-order valence-corrected chi connectivity index (χ2v) is 9.71. The Bertz CT molecular complexity index is 1100. The van der Waals surface area contributed by atoms with Crippen LogP contribution >= 0.6 is 11.6 Å². The van der Waals surface area contributed by atoms with E-state index in [4.69, 9.17) is 16.3 Å². The van der Waals surface area contributed by atoms with E-state index in [2.05, 4.69) is 51.2 Å². The van der Waals surface area contributed by atoms with Gasteiger partial charge >= 0.3 is 0 Å². The third-order valence-electron chi connectivity index (χ3n) is 7.05. The van der Waals surface area contributed by atoms with Crippen LogP contribution < -0.4 is 5.32 Å². The van der Waals surface area contributed by atoms with Crippen LogP contribution in [0.4, 0.5) is 0 Å². The van der Waals surface area contributed by atoms with E-state index < -0.39 is 0 Å². The van der Waals surface area contributed by atoms with Gasteiger partial charge in [0.25, 0.3) is 0 Å². The summed E-state index contributed by atoms with van der Waals surface area (Å²) in [7, 11) is 0. The fraction of sp³-hybridized carbons (Fsp3) is 0.444. The molecule has 1 amide bonds. The van der Waals surface area contributed by atoms with Crippen molar-refractivity contribution in [3.05, 3.63) is 70.9 Å². The topological polar surface area (TPSA) is 46.5 Å². The molecule has 0 radical (unpaired) electrons. The van der Waals surface area contributed by atoms with Gasteiger partial charge in [0.05, 0.1) is 6.10 Å². The predicted molar refractivity (Wildman–Crippen MR) is 132 cm³/mol. The summed E-state index contributed by atoms with van der Waals surface area (Å²) in [5.41, 5.74) is 3.65. The molecule has 0 bridgehead atoms. The molecule has 0 saturated carbocycles. The van der Waals surface area contributed by atoms with Crippen molar-refractivity contribution in [2.24, 2.45) is 5.92 Å². The van der Waals surface area contributed by atoms with Crippen LogP contribution in [-0.4, -0.2) is 47.7 Å². The van der Waals surface area contributed by atoms with Crippen LogP contribution in [0.2, 0.25) is 5.02 Å². The number of carbonyl (C=O) groups is 1. The number of fused-ring (bicyclic) bond motifs is 1. The summed E-state index contributed by atoms with van der Waals surface area (Å²) in [6.07, 6.45) is 4.17. The first-order chi connectivity index (χ1) is 16.2. The minimum Gasteiger partial charge on any atom is -0.376 e. The van der Waals surface area contributed by atoms with Gasteiger partial charge < -0.3 is 14.6 Å². The third-order valence-corrected chi connectivity index (χ3v) is 7.42. The molecule has 3 aromatic rings. The van der Waals surface area contributed by atoms with Crippen molar-refractivity contribution in [3.63, 3.8) is 0 Å². The smallest absolute Gasteiger partial charge is 0.223 e. The Labute approximate surface area is 200 Å². The molecule has 5 rings (SSSR count). The number of likely N-dealkylation sites (tertiary alicyclic amines) is 1. The van der Waals surface area contributed by atoms with Gasteiger partial charge in [0, 0.05) is 48.4 Å². The summed E-state index contributed by atoms with van der Waals surface area (Å²) in [6.45, 7) is 4.98. The monoisotopic (exact) mass is 465 g/mol. The SMILES string of the molecule is O=C(NCC1CCCO1)C1CCN(Cc2cc3ccccc3n2Cc2ccccc2Cl)CC1. The third kappa shape index (κ3) is 5.26. The van der Waals surface area contributed by atoms with E-state index in [0.29, 0.717) is 6.54 Å². The number of nitrogens with one attached hydrogen (secondary N) is 1. The number of piperidine rings is 1. The Kier molecular flexibility index (Phi) is 7.00. The molecule has 5 nitrogen and oxygen atoms in total. The van der Waals surface area contributed by atoms with E-state index in [0.717, 1.165) is 69.1 Å². The number of rotatable bonds is 7. The fourth-order valence-corrected chi connectivity index (χ4v) is 5.32. The standard InChI is InChI=1S/C27H32ClN3O2/c28-25-9-3-1-7-22(25)18-31-23(16-21-6-2-4-10-26(21)31)19-30-13-11-20(12-14-30)27(32)29-17-24-8-5-15-33-24/h1-4,6-7,9-10,16,20,24H,5,8,11-15,17-19H2,(H,29,32). The van der Waals surface area contributed by atoms with E-state index in [1.54, 1.807) is 0 Å². The Morgan fingerprint density at radius 2 is 1.82 bits per heavy atom. The minimum atomic E-state index is 0.108. The summed E-state index contributed by atoms with van der Waals surface area (Å²) in [5.74, 6) is 0.301. The highest BCUT2D eigenvalue weighted by molar-refractivity contribution is 6.31. The average Bonchev–Trinajstić information content (AvgIpc) is 3.48. The van der Waals surface area contributed by atoms with Crippen molar-refractivity contribution in [2.45, 2.75) is 44.9 Å². The van der Waals surface area contributed by atoms with Crippen molar-refractivity contribution in [3.8, 4) is 0 Å². The molecule has 2 saturated heterocycles. The van der Waals surface area contributed by atoms with E-state index in [-0.39, 0.29) is 17.9 Å². The molecule has 3 heterocycles. The van der Waals surface area contributed by atoms with E-state index >= 15 is 0 Å². The maximum atomic E-state index is 12.6. The van der Waals surface area contributed by atoms with Crippen LogP contribution in [0, 0.1) is 5.92 Å². The summed E-state index contributed by atoms with van der Waals surface area (Å²) in [5, 5.41) is 5.17. The van der Waals surface area contributed by atoms with Crippen LogP contribution in [0.1, 0.15) is 36.9 Å². The summed E-state index contributed by atoms with van der Waals surface area (Å²) in [4.78, 5) is 15.1. The van der Waals surface area contributed by atoms with Crippen molar-refractivity contribution in [1.29, 1.82) is 0 Å². The van der Waals surface area contributed by atoms with E-state index in [1.165, 1.54) is 16.6 Å². The minimum absolute atomic E-state index is 0.108. The number of nitrogens with zero attached hydrogens (tertiary/aromatic N) is 2. The van der Waals surface area contributed by atoms with Crippen molar-refractivity contribution in [2.75, 3.05) is 26.2 Å². The Morgan fingerprint density at radius 1 is 1.03 bits per heavy atom. The summed E-state index contributed by atoms with van der Waals surface area (Å²) in [6, 6.07) is 18.9. The first-order valence-corrected chi connectivity index (χ1v) is 12.5. The second kappa shape index (κ2) is 10.3. The zero-order valence-electron chi connectivity index (χ0n) is 19.0. The number of carbonyl (C=O) groups excluding carboxylic acids is 1. The number of para-hydroxylation sites is 1. The first-order valence-electron chi connectivity index (χ1n) is 12.1. The average molecular weight is 466 g/mol. The molecule has 1 aromatic heterocycles. The molecular formula is C27H32ClN3O2. The number of hydrogen-bond acceptors (Lipinski definition) is 3. The molecule has 2 aromatic carbocycles. The van der Waals surface area contributed by atoms with Gasteiger partial charge in [0.15, 0.2) is 0 Å². The molecule has 1 atom stereocenters. The lowest BCUT2D eigenvalue weighted by atomic mass is 9.95. The molecule has 1 N–H and O–H groups in total. The molecule has 2 aliphatic heterocycles. The van der Waals surface area contributed by atoms with E-state index in [9.17, 15) is 4.79 Å². The van der Waals surface area contributed by atoms with Crippen molar-refractivity contribution >= 4 is 28.4 Å². The van der Waals surface area contributed by atoms with Gasteiger partial charge in [-0.2, -0.15) is 0 Å². The molecule has 2 fully saturated rings. The second-order valence-electron chi connectivity index (χ2n) is 9.30. The number of ether oxygens (including phenoxy) is 1.